The Bertz CT molecular complexity index is 790. The van der Waals surface area contributed by atoms with Gasteiger partial charge in [0.15, 0.2) is 17.5 Å². The van der Waals surface area contributed by atoms with E-state index in [1.54, 1.807) is 39.5 Å². The van der Waals surface area contributed by atoms with Crippen molar-refractivity contribution in [1.82, 2.24) is 5.32 Å². The smallest absolute Gasteiger partial charge is 0.251 e. The molecule has 7 nitrogen and oxygen atoms in total. The number of nitrogens with zero attached hydrogens (tertiary/aromatic N) is 1. The van der Waals surface area contributed by atoms with Gasteiger partial charge in [-0.3, -0.25) is 9.79 Å². The lowest BCUT2D eigenvalue weighted by molar-refractivity contribution is 0.0963. The van der Waals surface area contributed by atoms with Crippen LogP contribution in [-0.2, 0) is 6.42 Å². The van der Waals surface area contributed by atoms with Crippen molar-refractivity contribution in [1.29, 1.82) is 0 Å². The highest BCUT2D eigenvalue weighted by Gasteiger charge is 2.06. The van der Waals surface area contributed by atoms with Crippen LogP contribution in [0.2, 0.25) is 0 Å². The molecule has 0 saturated heterocycles. The van der Waals surface area contributed by atoms with Crippen LogP contribution in [0.25, 0.3) is 0 Å². The zero-order valence-electron chi connectivity index (χ0n) is 15.2. The monoisotopic (exact) mass is 356 g/mol. The molecule has 4 N–H and O–H groups in total. The molecule has 0 aromatic heterocycles. The van der Waals surface area contributed by atoms with Crippen molar-refractivity contribution in [3.05, 3.63) is 53.6 Å². The maximum Gasteiger partial charge on any atom is 0.251 e. The number of carbonyl (C=O) groups is 1. The number of nitrogens with two attached hydrogens (primary N) is 1. The summed E-state index contributed by atoms with van der Waals surface area (Å²) in [4.78, 5) is 16.0. The summed E-state index contributed by atoms with van der Waals surface area (Å²) in [5.74, 6) is 1.45. The molecule has 0 saturated carbocycles. The lowest BCUT2D eigenvalue weighted by atomic mass is 10.1. The number of hydrogen-bond donors (Lipinski definition) is 3. The molecule has 0 aliphatic carbocycles. The second kappa shape index (κ2) is 9.31. The minimum Gasteiger partial charge on any atom is -0.493 e. The Labute approximate surface area is 153 Å². The SMILES string of the molecule is CNC(=O)c1cccc(CCN=C(N)Nc2ccc(OC)c(OC)c2)c1. The normalized spacial score (nSPS) is 11.0. The van der Waals surface area contributed by atoms with Gasteiger partial charge in [0.2, 0.25) is 0 Å². The van der Waals surface area contributed by atoms with E-state index in [0.717, 1.165) is 11.3 Å². The van der Waals surface area contributed by atoms with Crippen molar-refractivity contribution in [3.63, 3.8) is 0 Å². The van der Waals surface area contributed by atoms with E-state index in [4.69, 9.17) is 15.2 Å². The highest BCUT2D eigenvalue weighted by atomic mass is 16.5. The minimum atomic E-state index is -0.106. The van der Waals surface area contributed by atoms with Crippen molar-refractivity contribution in [3.8, 4) is 11.5 Å². The Morgan fingerprint density at radius 1 is 1.12 bits per heavy atom. The first kappa shape index (κ1) is 19.1. The Morgan fingerprint density at radius 2 is 1.88 bits per heavy atom. The number of guanidine groups is 1. The molecule has 0 aliphatic rings. The molecule has 0 atom stereocenters. The van der Waals surface area contributed by atoms with Crippen LogP contribution in [0.1, 0.15) is 15.9 Å². The standard InChI is InChI=1S/C19H24N4O3/c1-21-18(24)14-6-4-5-13(11-14)9-10-22-19(20)23-15-7-8-16(25-2)17(12-15)26-3/h4-8,11-12H,9-10H2,1-3H3,(H,21,24)(H3,20,22,23). The molecule has 7 heteroatoms. The number of carbonyl (C=O) groups excluding carboxylic acids is 1. The molecule has 0 radical (unpaired) electrons. The Balaban J connectivity index is 1.95. The lowest BCUT2D eigenvalue weighted by Gasteiger charge is -2.11. The Kier molecular flexibility index (Phi) is 6.84. The van der Waals surface area contributed by atoms with Gasteiger partial charge in [0.25, 0.3) is 5.91 Å². The van der Waals surface area contributed by atoms with Crippen LogP contribution in [0.3, 0.4) is 0 Å². The zero-order valence-corrected chi connectivity index (χ0v) is 15.2. The molecule has 0 aliphatic heterocycles. The second-order valence-corrected chi connectivity index (χ2v) is 5.49. The van der Waals surface area contributed by atoms with E-state index in [-0.39, 0.29) is 5.91 Å². The maximum absolute atomic E-state index is 11.7. The fourth-order valence-electron chi connectivity index (χ4n) is 2.42. The van der Waals surface area contributed by atoms with Gasteiger partial charge in [-0.15, -0.1) is 0 Å². The number of ether oxygens (including phenoxy) is 2. The van der Waals surface area contributed by atoms with Gasteiger partial charge in [0, 0.05) is 30.9 Å². The van der Waals surface area contributed by atoms with Gasteiger partial charge in [-0.05, 0) is 36.2 Å². The third-order valence-electron chi connectivity index (χ3n) is 3.75. The van der Waals surface area contributed by atoms with Crippen LogP contribution < -0.4 is 25.8 Å². The third-order valence-corrected chi connectivity index (χ3v) is 3.75. The molecule has 2 rings (SSSR count). The summed E-state index contributed by atoms with van der Waals surface area (Å²) in [7, 11) is 4.77. The molecule has 26 heavy (non-hydrogen) atoms. The fourth-order valence-corrected chi connectivity index (χ4v) is 2.42. The molecule has 0 fully saturated rings. The van der Waals surface area contributed by atoms with E-state index in [1.165, 1.54) is 0 Å². The second-order valence-electron chi connectivity index (χ2n) is 5.49. The summed E-state index contributed by atoms with van der Waals surface area (Å²) >= 11 is 0. The van der Waals surface area contributed by atoms with Crippen molar-refractivity contribution in [2.45, 2.75) is 6.42 Å². The quantitative estimate of drug-likeness (QED) is 0.521. The summed E-state index contributed by atoms with van der Waals surface area (Å²) in [6, 6.07) is 12.9. The third kappa shape index (κ3) is 5.14. The summed E-state index contributed by atoms with van der Waals surface area (Å²) in [5, 5.41) is 5.63. The summed E-state index contributed by atoms with van der Waals surface area (Å²) in [6.07, 6.45) is 0.680. The molecule has 2 aromatic carbocycles. The first-order valence-electron chi connectivity index (χ1n) is 8.17. The average molecular weight is 356 g/mol. The van der Waals surface area contributed by atoms with Gasteiger partial charge in [0.1, 0.15) is 0 Å². The van der Waals surface area contributed by atoms with Gasteiger partial charge in [-0.1, -0.05) is 12.1 Å². The van der Waals surface area contributed by atoms with E-state index in [9.17, 15) is 4.79 Å². The molecular weight excluding hydrogens is 332 g/mol. The zero-order chi connectivity index (χ0) is 18.9. The number of nitrogens with one attached hydrogen (secondary N) is 2. The summed E-state index contributed by atoms with van der Waals surface area (Å²) < 4.78 is 10.5. The number of rotatable bonds is 7. The highest BCUT2D eigenvalue weighted by Crippen LogP contribution is 2.29. The van der Waals surface area contributed by atoms with Crippen LogP contribution in [0.5, 0.6) is 11.5 Å². The minimum absolute atomic E-state index is 0.106. The molecule has 1 amide bonds. The van der Waals surface area contributed by atoms with Gasteiger partial charge in [-0.25, -0.2) is 0 Å². The van der Waals surface area contributed by atoms with Crippen molar-refractivity contribution >= 4 is 17.6 Å². The topological polar surface area (TPSA) is 98.0 Å². The molecule has 0 spiro atoms. The Hall–Kier alpha value is -3.22. The first-order chi connectivity index (χ1) is 12.6. The van der Waals surface area contributed by atoms with Crippen LogP contribution in [0.4, 0.5) is 5.69 Å². The predicted molar refractivity (Wildman–Crippen MR) is 103 cm³/mol. The summed E-state index contributed by atoms with van der Waals surface area (Å²) in [5.41, 5.74) is 8.34. The lowest BCUT2D eigenvalue weighted by Crippen LogP contribution is -2.23. The number of benzene rings is 2. The van der Waals surface area contributed by atoms with E-state index in [2.05, 4.69) is 15.6 Å². The van der Waals surface area contributed by atoms with Crippen molar-refractivity contribution in [2.75, 3.05) is 33.1 Å². The van der Waals surface area contributed by atoms with E-state index in [1.807, 2.05) is 24.3 Å². The molecule has 0 bridgehead atoms. The van der Waals surface area contributed by atoms with E-state index < -0.39 is 0 Å². The number of aliphatic imine (C=N–C) groups is 1. The van der Waals surface area contributed by atoms with Crippen LogP contribution in [0, 0.1) is 0 Å². The van der Waals surface area contributed by atoms with Crippen molar-refractivity contribution in [2.24, 2.45) is 10.7 Å². The molecular formula is C19H24N4O3. The fraction of sp³-hybridized carbons (Fsp3) is 0.263. The van der Waals surface area contributed by atoms with Crippen LogP contribution >= 0.6 is 0 Å². The highest BCUT2D eigenvalue weighted by molar-refractivity contribution is 5.94. The van der Waals surface area contributed by atoms with Gasteiger partial charge < -0.3 is 25.8 Å². The van der Waals surface area contributed by atoms with Crippen LogP contribution in [-0.4, -0.2) is 39.7 Å². The number of hydrogen-bond acceptors (Lipinski definition) is 4. The van der Waals surface area contributed by atoms with Crippen molar-refractivity contribution < 1.29 is 14.3 Å². The number of amides is 1. The van der Waals surface area contributed by atoms with E-state index in [0.29, 0.717) is 36.0 Å². The average Bonchev–Trinajstić information content (AvgIpc) is 2.67. The summed E-state index contributed by atoms with van der Waals surface area (Å²) in [6.45, 7) is 0.503. The van der Waals surface area contributed by atoms with E-state index >= 15 is 0 Å². The van der Waals surface area contributed by atoms with Gasteiger partial charge >= 0.3 is 0 Å². The van der Waals surface area contributed by atoms with Crippen LogP contribution in [0.15, 0.2) is 47.5 Å². The van der Waals surface area contributed by atoms with Gasteiger partial charge in [0.05, 0.1) is 14.2 Å². The number of anilines is 1. The molecule has 138 valence electrons. The largest absolute Gasteiger partial charge is 0.493 e. The molecule has 0 unspecified atom stereocenters. The Morgan fingerprint density at radius 3 is 2.58 bits per heavy atom. The predicted octanol–water partition coefficient (Wildman–Crippen LogP) is 2.03. The first-order valence-corrected chi connectivity index (χ1v) is 8.17. The maximum atomic E-state index is 11.7. The molecule has 2 aromatic rings. The van der Waals surface area contributed by atoms with Gasteiger partial charge in [-0.2, -0.15) is 0 Å². The number of methoxy groups -OCH3 is 2. The molecule has 0 heterocycles.